The second-order valence-electron chi connectivity index (χ2n) is 4.49. The highest BCUT2D eigenvalue weighted by molar-refractivity contribution is 9.10. The maximum atomic E-state index is 5.95. The van der Waals surface area contributed by atoms with E-state index in [1.54, 1.807) is 13.3 Å². The number of hydrazone groups is 1. The lowest BCUT2D eigenvalue weighted by Crippen LogP contribution is -2.24. The summed E-state index contributed by atoms with van der Waals surface area (Å²) in [6, 6.07) is 13.4. The van der Waals surface area contributed by atoms with E-state index < -0.39 is 0 Å². The minimum absolute atomic E-state index is 0.0971. The van der Waals surface area contributed by atoms with Crippen molar-refractivity contribution >= 4 is 39.5 Å². The Morgan fingerprint density at radius 3 is 2.78 bits per heavy atom. The Balaban J connectivity index is 2.23. The summed E-state index contributed by atoms with van der Waals surface area (Å²) < 4.78 is 12.3. The van der Waals surface area contributed by atoms with Crippen LogP contribution in [0, 0.1) is 0 Å². The van der Waals surface area contributed by atoms with Crippen LogP contribution in [0.5, 0.6) is 11.5 Å². The Bertz CT molecular complexity index is 722. The molecule has 0 radical (unpaired) electrons. The number of thiocarbonyl (C=S) groups is 1. The van der Waals surface area contributed by atoms with Gasteiger partial charge in [-0.3, -0.25) is 5.43 Å². The Morgan fingerprint density at radius 2 is 2.09 bits per heavy atom. The average molecular weight is 394 g/mol. The fourth-order valence-electron chi connectivity index (χ4n) is 1.88. The summed E-state index contributed by atoms with van der Waals surface area (Å²) in [5.41, 5.74) is 9.64. The van der Waals surface area contributed by atoms with Crippen molar-refractivity contribution in [3.8, 4) is 11.5 Å². The highest BCUT2D eigenvalue weighted by Gasteiger charge is 2.10. The molecule has 3 N–H and O–H groups in total. The normalized spacial score (nSPS) is 10.5. The van der Waals surface area contributed by atoms with Gasteiger partial charge in [-0.2, -0.15) is 5.10 Å². The SMILES string of the molecule is COc1cccc(C=NNC(N)=S)c1OCc1ccccc1Br. The van der Waals surface area contributed by atoms with Crippen LogP contribution < -0.4 is 20.6 Å². The van der Waals surface area contributed by atoms with Gasteiger partial charge >= 0.3 is 0 Å². The van der Waals surface area contributed by atoms with Gasteiger partial charge in [0.05, 0.1) is 13.3 Å². The summed E-state index contributed by atoms with van der Waals surface area (Å²) >= 11 is 8.22. The van der Waals surface area contributed by atoms with Gasteiger partial charge in [-0.15, -0.1) is 0 Å². The molecular weight excluding hydrogens is 378 g/mol. The zero-order chi connectivity index (χ0) is 16.7. The van der Waals surface area contributed by atoms with Crippen LogP contribution in [-0.4, -0.2) is 18.4 Å². The highest BCUT2D eigenvalue weighted by Crippen LogP contribution is 2.31. The highest BCUT2D eigenvalue weighted by atomic mass is 79.9. The number of ether oxygens (including phenoxy) is 2. The van der Waals surface area contributed by atoms with Crippen molar-refractivity contribution in [2.45, 2.75) is 6.61 Å². The molecule has 120 valence electrons. The van der Waals surface area contributed by atoms with Crippen LogP contribution in [0.4, 0.5) is 0 Å². The van der Waals surface area contributed by atoms with Gasteiger partial charge < -0.3 is 15.2 Å². The molecule has 0 saturated carbocycles. The molecule has 0 aliphatic heterocycles. The van der Waals surface area contributed by atoms with E-state index in [0.717, 1.165) is 15.6 Å². The van der Waals surface area contributed by atoms with Crippen molar-refractivity contribution in [1.29, 1.82) is 0 Å². The molecule has 0 bridgehead atoms. The molecule has 0 spiro atoms. The topological polar surface area (TPSA) is 68.9 Å². The van der Waals surface area contributed by atoms with Crippen LogP contribution in [0.1, 0.15) is 11.1 Å². The van der Waals surface area contributed by atoms with Crippen molar-refractivity contribution in [3.63, 3.8) is 0 Å². The number of hydrogen-bond donors (Lipinski definition) is 2. The number of hydrogen-bond acceptors (Lipinski definition) is 4. The number of nitrogens with two attached hydrogens (primary N) is 1. The maximum Gasteiger partial charge on any atom is 0.184 e. The molecule has 0 saturated heterocycles. The minimum atomic E-state index is 0.0971. The Labute approximate surface area is 148 Å². The molecule has 2 rings (SSSR count). The average Bonchev–Trinajstić information content (AvgIpc) is 2.54. The third-order valence-electron chi connectivity index (χ3n) is 2.94. The Kier molecular flexibility index (Phi) is 6.37. The van der Waals surface area contributed by atoms with Crippen molar-refractivity contribution < 1.29 is 9.47 Å². The lowest BCUT2D eigenvalue weighted by atomic mass is 10.2. The van der Waals surface area contributed by atoms with Gasteiger partial charge in [0.25, 0.3) is 0 Å². The van der Waals surface area contributed by atoms with Crippen molar-refractivity contribution in [2.75, 3.05) is 7.11 Å². The van der Waals surface area contributed by atoms with E-state index in [2.05, 4.69) is 26.5 Å². The fraction of sp³-hybridized carbons (Fsp3) is 0.125. The molecule has 0 amide bonds. The second-order valence-corrected chi connectivity index (χ2v) is 5.79. The van der Waals surface area contributed by atoms with Crippen molar-refractivity contribution in [2.24, 2.45) is 10.8 Å². The van der Waals surface area contributed by atoms with Crippen LogP contribution in [0.2, 0.25) is 0 Å². The van der Waals surface area contributed by atoms with Crippen LogP contribution in [0.3, 0.4) is 0 Å². The molecule has 5 nitrogen and oxygen atoms in total. The van der Waals surface area contributed by atoms with Crippen LogP contribution in [0.25, 0.3) is 0 Å². The van der Waals surface area contributed by atoms with Gasteiger partial charge in [0.1, 0.15) is 6.61 Å². The first-order valence-electron chi connectivity index (χ1n) is 6.73. The number of benzene rings is 2. The van der Waals surface area contributed by atoms with Gasteiger partial charge in [-0.25, -0.2) is 0 Å². The molecule has 0 unspecified atom stereocenters. The van der Waals surface area contributed by atoms with E-state index in [1.807, 2.05) is 42.5 Å². The zero-order valence-electron chi connectivity index (χ0n) is 12.5. The first-order valence-corrected chi connectivity index (χ1v) is 7.93. The Hall–Kier alpha value is -2.12. The second kappa shape index (κ2) is 8.50. The van der Waals surface area contributed by atoms with E-state index in [4.69, 9.17) is 27.4 Å². The number of rotatable bonds is 6. The maximum absolute atomic E-state index is 5.95. The lowest BCUT2D eigenvalue weighted by molar-refractivity contribution is 0.283. The summed E-state index contributed by atoms with van der Waals surface area (Å²) in [7, 11) is 1.59. The van der Waals surface area contributed by atoms with Crippen molar-refractivity contribution in [3.05, 3.63) is 58.1 Å². The van der Waals surface area contributed by atoms with Gasteiger partial charge in [-0.1, -0.05) is 40.2 Å². The fourth-order valence-corrected chi connectivity index (χ4v) is 2.33. The third kappa shape index (κ3) is 4.94. The van der Waals surface area contributed by atoms with Gasteiger partial charge in [0.15, 0.2) is 16.6 Å². The first-order chi connectivity index (χ1) is 11.1. The monoisotopic (exact) mass is 393 g/mol. The Morgan fingerprint density at radius 1 is 1.30 bits per heavy atom. The zero-order valence-corrected chi connectivity index (χ0v) is 14.9. The molecule has 0 aliphatic carbocycles. The van der Waals surface area contributed by atoms with Gasteiger partial charge in [0.2, 0.25) is 0 Å². The number of nitrogens with one attached hydrogen (secondary N) is 1. The number of para-hydroxylation sites is 1. The molecule has 2 aromatic carbocycles. The molecule has 0 atom stereocenters. The van der Waals surface area contributed by atoms with E-state index in [0.29, 0.717) is 18.1 Å². The summed E-state index contributed by atoms with van der Waals surface area (Å²) in [6.07, 6.45) is 1.58. The number of halogens is 1. The van der Waals surface area contributed by atoms with Crippen LogP contribution >= 0.6 is 28.1 Å². The van der Waals surface area contributed by atoms with E-state index in [1.165, 1.54) is 0 Å². The molecule has 0 aliphatic rings. The standard InChI is InChI=1S/C16H16BrN3O2S/c1-21-14-8-4-6-11(9-19-20-16(18)23)15(14)22-10-12-5-2-3-7-13(12)17/h2-9H,10H2,1H3,(H3,18,20,23). The van der Waals surface area contributed by atoms with Gasteiger partial charge in [-0.05, 0) is 30.4 Å². The quantitative estimate of drug-likeness (QED) is 0.448. The lowest BCUT2D eigenvalue weighted by Gasteiger charge is -2.14. The van der Waals surface area contributed by atoms with Crippen LogP contribution in [-0.2, 0) is 6.61 Å². The predicted molar refractivity (Wildman–Crippen MR) is 99.0 cm³/mol. The van der Waals surface area contributed by atoms with Crippen LogP contribution in [0.15, 0.2) is 52.0 Å². The number of nitrogens with zero attached hydrogens (tertiary/aromatic N) is 1. The molecule has 0 heterocycles. The summed E-state index contributed by atoms with van der Waals surface area (Å²) in [4.78, 5) is 0. The molecule has 23 heavy (non-hydrogen) atoms. The predicted octanol–water partition coefficient (Wildman–Crippen LogP) is 3.20. The van der Waals surface area contributed by atoms with E-state index in [-0.39, 0.29) is 5.11 Å². The molecule has 0 aromatic heterocycles. The molecule has 2 aromatic rings. The largest absolute Gasteiger partial charge is 0.493 e. The smallest absolute Gasteiger partial charge is 0.184 e. The summed E-state index contributed by atoms with van der Waals surface area (Å²) in [6.45, 7) is 0.394. The number of methoxy groups -OCH3 is 1. The molecular formula is C16H16BrN3O2S. The minimum Gasteiger partial charge on any atom is -0.493 e. The van der Waals surface area contributed by atoms with Gasteiger partial charge in [0, 0.05) is 15.6 Å². The molecule has 7 heteroatoms. The summed E-state index contributed by atoms with van der Waals surface area (Å²) in [5.74, 6) is 1.22. The first kappa shape index (κ1) is 17.2. The summed E-state index contributed by atoms with van der Waals surface area (Å²) in [5, 5.41) is 4.06. The van der Waals surface area contributed by atoms with E-state index in [9.17, 15) is 0 Å². The third-order valence-corrected chi connectivity index (χ3v) is 3.80. The van der Waals surface area contributed by atoms with Crippen molar-refractivity contribution in [1.82, 2.24) is 5.43 Å². The molecule has 0 fully saturated rings. The van der Waals surface area contributed by atoms with E-state index >= 15 is 0 Å².